The minimum absolute atomic E-state index is 0.210. The van der Waals surface area contributed by atoms with E-state index >= 15 is 0 Å². The molecule has 0 aliphatic carbocycles. The van der Waals surface area contributed by atoms with Crippen LogP contribution in [-0.2, 0) is 4.79 Å². The van der Waals surface area contributed by atoms with Crippen molar-refractivity contribution in [3.63, 3.8) is 0 Å². The summed E-state index contributed by atoms with van der Waals surface area (Å²) in [7, 11) is 1.44. The van der Waals surface area contributed by atoms with Crippen LogP contribution in [0.25, 0.3) is 0 Å². The number of aliphatic imine (C=N–C) groups is 1. The van der Waals surface area contributed by atoms with Crippen LogP contribution in [0.5, 0.6) is 5.75 Å². The highest BCUT2D eigenvalue weighted by molar-refractivity contribution is 8.16. The largest absolute Gasteiger partial charge is 0.496 e. The van der Waals surface area contributed by atoms with Crippen molar-refractivity contribution < 1.29 is 19.2 Å². The molecule has 0 radical (unpaired) electrons. The molecule has 1 aromatic heterocycles. The number of nitrogens with zero attached hydrogens (tertiary/aromatic N) is 2. The van der Waals surface area contributed by atoms with Crippen LogP contribution in [0.4, 0.5) is 0 Å². The maximum atomic E-state index is 12.7. The van der Waals surface area contributed by atoms with Crippen LogP contribution in [-0.4, -0.2) is 40.4 Å². The Labute approximate surface area is 154 Å². The van der Waals surface area contributed by atoms with Gasteiger partial charge in [-0.15, -0.1) is 11.8 Å². The van der Waals surface area contributed by atoms with Crippen LogP contribution in [0.2, 0.25) is 0 Å². The van der Waals surface area contributed by atoms with Crippen molar-refractivity contribution in [3.05, 3.63) is 28.3 Å². The highest BCUT2D eigenvalue weighted by atomic mass is 32.2. The van der Waals surface area contributed by atoms with Gasteiger partial charge in [-0.3, -0.25) is 10.5 Å². The van der Waals surface area contributed by atoms with E-state index in [1.54, 1.807) is 13.0 Å². The maximum Gasteiger partial charge on any atom is 0.339 e. The standard InChI is InChI=1S/C16H22N4O5S/c1-4-5-11(12-6-10(24-3)7-13(21)25-12)18-15(22)16(17)8-26-14(19-16)9(2)20-23/h6-7,11,23H,4-5,8,17H2,1-3H3,(H,18,22)/b20-9-/t11-,16+/m1/s1. The molecule has 1 amide bonds. The molecule has 0 aromatic carbocycles. The average Bonchev–Trinajstić information content (AvgIpc) is 3.03. The van der Waals surface area contributed by atoms with E-state index in [-0.39, 0.29) is 11.5 Å². The number of carbonyl (C=O) groups is 1. The van der Waals surface area contributed by atoms with E-state index in [0.29, 0.717) is 22.9 Å². The van der Waals surface area contributed by atoms with Gasteiger partial charge in [-0.1, -0.05) is 18.5 Å². The highest BCUT2D eigenvalue weighted by Gasteiger charge is 2.40. The number of methoxy groups -OCH3 is 1. The summed E-state index contributed by atoms with van der Waals surface area (Å²) in [6.07, 6.45) is 1.28. The predicted octanol–water partition coefficient (Wildman–Crippen LogP) is 1.26. The first kappa shape index (κ1) is 20.0. The van der Waals surface area contributed by atoms with Gasteiger partial charge in [-0.25, -0.2) is 9.79 Å². The number of hydrogen-bond acceptors (Lipinski definition) is 9. The summed E-state index contributed by atoms with van der Waals surface area (Å²) in [5.74, 6) is 0.341. The normalized spacial score (nSPS) is 21.2. The lowest BCUT2D eigenvalue weighted by Crippen LogP contribution is -2.54. The average molecular weight is 382 g/mol. The molecule has 10 heteroatoms. The zero-order valence-corrected chi connectivity index (χ0v) is 15.6. The van der Waals surface area contributed by atoms with Crippen LogP contribution in [0.1, 0.15) is 38.5 Å². The molecule has 0 unspecified atom stereocenters. The summed E-state index contributed by atoms with van der Waals surface area (Å²) in [4.78, 5) is 28.6. The Bertz CT molecular complexity index is 791. The molecule has 1 aromatic rings. The van der Waals surface area contributed by atoms with Crippen LogP contribution >= 0.6 is 11.8 Å². The molecule has 0 spiro atoms. The van der Waals surface area contributed by atoms with E-state index in [0.717, 1.165) is 6.42 Å². The topological polar surface area (TPSA) is 140 Å². The molecule has 2 heterocycles. The monoisotopic (exact) mass is 382 g/mol. The second-order valence-corrected chi connectivity index (χ2v) is 6.81. The first-order valence-corrected chi connectivity index (χ1v) is 9.02. The first-order valence-electron chi connectivity index (χ1n) is 8.03. The second kappa shape index (κ2) is 8.37. The minimum Gasteiger partial charge on any atom is -0.496 e. The van der Waals surface area contributed by atoms with Gasteiger partial charge in [0.2, 0.25) is 0 Å². The fourth-order valence-corrected chi connectivity index (χ4v) is 3.42. The smallest absolute Gasteiger partial charge is 0.339 e. The predicted molar refractivity (Wildman–Crippen MR) is 99.0 cm³/mol. The first-order chi connectivity index (χ1) is 12.3. The Morgan fingerprint density at radius 3 is 2.96 bits per heavy atom. The lowest BCUT2D eigenvalue weighted by atomic mass is 10.1. The van der Waals surface area contributed by atoms with Gasteiger partial charge in [0.15, 0.2) is 5.66 Å². The van der Waals surface area contributed by atoms with Gasteiger partial charge in [0.25, 0.3) is 5.91 Å². The summed E-state index contributed by atoms with van der Waals surface area (Å²) in [6.45, 7) is 3.51. The van der Waals surface area contributed by atoms with E-state index in [4.69, 9.17) is 20.1 Å². The summed E-state index contributed by atoms with van der Waals surface area (Å²) < 4.78 is 10.3. The number of hydrogen-bond donors (Lipinski definition) is 3. The molecule has 0 bridgehead atoms. The van der Waals surface area contributed by atoms with Crippen molar-refractivity contribution in [1.29, 1.82) is 0 Å². The van der Waals surface area contributed by atoms with E-state index in [2.05, 4.69) is 15.5 Å². The molecule has 2 rings (SSSR count). The third-order valence-electron chi connectivity index (χ3n) is 3.81. The molecule has 1 aliphatic heterocycles. The van der Waals surface area contributed by atoms with Crippen LogP contribution in [0.3, 0.4) is 0 Å². The summed E-state index contributed by atoms with van der Waals surface area (Å²) in [5.41, 5.74) is 4.36. The van der Waals surface area contributed by atoms with E-state index in [9.17, 15) is 9.59 Å². The molecular weight excluding hydrogens is 360 g/mol. The third-order valence-corrected chi connectivity index (χ3v) is 5.05. The summed E-state index contributed by atoms with van der Waals surface area (Å²) >= 11 is 1.24. The quantitative estimate of drug-likeness (QED) is 0.366. The van der Waals surface area contributed by atoms with Crippen molar-refractivity contribution in [2.75, 3.05) is 12.9 Å². The van der Waals surface area contributed by atoms with E-state index < -0.39 is 23.2 Å². The molecular formula is C16H22N4O5S. The van der Waals surface area contributed by atoms with Gasteiger partial charge in [-0.2, -0.15) is 0 Å². The third kappa shape index (κ3) is 4.44. The lowest BCUT2D eigenvalue weighted by molar-refractivity contribution is -0.126. The Balaban J connectivity index is 2.25. The fraction of sp³-hybridized carbons (Fsp3) is 0.500. The molecule has 9 nitrogen and oxygen atoms in total. The van der Waals surface area contributed by atoms with Gasteiger partial charge in [0.1, 0.15) is 22.3 Å². The molecule has 4 N–H and O–H groups in total. The maximum absolute atomic E-state index is 12.7. The Morgan fingerprint density at radius 1 is 1.62 bits per heavy atom. The number of ether oxygens (including phenoxy) is 1. The van der Waals surface area contributed by atoms with Crippen LogP contribution < -0.4 is 21.4 Å². The van der Waals surface area contributed by atoms with E-state index in [1.807, 2.05) is 6.92 Å². The zero-order valence-electron chi connectivity index (χ0n) is 14.8. The Kier molecular flexibility index (Phi) is 6.43. The zero-order chi connectivity index (χ0) is 19.3. The number of oxime groups is 1. The number of amides is 1. The minimum atomic E-state index is -1.49. The van der Waals surface area contributed by atoms with Crippen molar-refractivity contribution in [2.45, 2.75) is 38.4 Å². The molecule has 0 saturated carbocycles. The molecule has 0 fully saturated rings. The Morgan fingerprint density at radius 2 is 2.35 bits per heavy atom. The number of rotatable bonds is 7. The van der Waals surface area contributed by atoms with Crippen LogP contribution in [0.15, 0.2) is 31.5 Å². The summed E-state index contributed by atoms with van der Waals surface area (Å²) in [5, 5.41) is 15.1. The van der Waals surface area contributed by atoms with Gasteiger partial charge in [-0.05, 0) is 13.3 Å². The van der Waals surface area contributed by atoms with Crippen molar-refractivity contribution in [2.24, 2.45) is 15.9 Å². The molecule has 0 saturated heterocycles. The SMILES string of the molecule is CCC[C@@H](NC(=O)[C@]1(N)CSC(/C(C)=N\O)=N1)c1cc(OC)cc(=O)o1. The van der Waals surface area contributed by atoms with Gasteiger partial charge < -0.3 is 19.7 Å². The lowest BCUT2D eigenvalue weighted by Gasteiger charge is -2.23. The number of thioether (sulfide) groups is 1. The van der Waals surface area contributed by atoms with Crippen LogP contribution in [0, 0.1) is 0 Å². The van der Waals surface area contributed by atoms with Crippen molar-refractivity contribution >= 4 is 28.4 Å². The Hall–Kier alpha value is -2.33. The van der Waals surface area contributed by atoms with Gasteiger partial charge >= 0.3 is 5.63 Å². The number of carbonyl (C=O) groups excluding carboxylic acids is 1. The summed E-state index contributed by atoms with van der Waals surface area (Å²) in [6, 6.07) is 2.23. The van der Waals surface area contributed by atoms with E-state index in [1.165, 1.54) is 24.9 Å². The van der Waals surface area contributed by atoms with Gasteiger partial charge in [0.05, 0.1) is 19.2 Å². The number of nitrogens with two attached hydrogens (primary N) is 1. The molecule has 2 atom stereocenters. The fourth-order valence-electron chi connectivity index (χ4n) is 2.39. The van der Waals surface area contributed by atoms with Crippen molar-refractivity contribution in [3.8, 4) is 5.75 Å². The number of nitrogens with one attached hydrogen (secondary N) is 1. The second-order valence-electron chi connectivity index (χ2n) is 5.85. The van der Waals surface area contributed by atoms with Gasteiger partial charge in [0, 0.05) is 11.8 Å². The highest BCUT2D eigenvalue weighted by Crippen LogP contribution is 2.27. The van der Waals surface area contributed by atoms with Crippen molar-refractivity contribution in [1.82, 2.24) is 5.32 Å². The molecule has 26 heavy (non-hydrogen) atoms. The molecule has 142 valence electrons. The molecule has 1 aliphatic rings.